The lowest BCUT2D eigenvalue weighted by Gasteiger charge is -2.31. The van der Waals surface area contributed by atoms with Gasteiger partial charge in [0.15, 0.2) is 5.89 Å². The van der Waals surface area contributed by atoms with Gasteiger partial charge >= 0.3 is 0 Å². The molecule has 2 aromatic carbocycles. The molecule has 0 saturated carbocycles. The average Bonchev–Trinajstić information content (AvgIpc) is 3.51. The number of carbonyl (C=O) groups excluding carboxylic acids is 1. The smallest absolute Gasteiger partial charge is 0.270 e. The molecule has 1 aliphatic rings. The summed E-state index contributed by atoms with van der Waals surface area (Å²) in [6.45, 7) is 1.31. The van der Waals surface area contributed by atoms with Gasteiger partial charge < -0.3 is 23.8 Å². The third-order valence-corrected chi connectivity index (χ3v) is 6.22. The molecule has 0 radical (unpaired) electrons. The van der Waals surface area contributed by atoms with E-state index in [1.165, 1.54) is 0 Å². The summed E-state index contributed by atoms with van der Waals surface area (Å²) >= 11 is 0. The number of hydrogen-bond donors (Lipinski definition) is 1. The lowest BCUT2D eigenvalue weighted by atomic mass is 9.97. The minimum Gasteiger partial charge on any atom is -0.497 e. The van der Waals surface area contributed by atoms with Crippen LogP contribution < -0.4 is 9.47 Å². The van der Waals surface area contributed by atoms with E-state index in [2.05, 4.69) is 9.97 Å². The van der Waals surface area contributed by atoms with Gasteiger partial charge in [-0.15, -0.1) is 0 Å². The molecule has 4 aromatic rings. The Balaban J connectivity index is 1.29. The first kappa shape index (κ1) is 21.1. The zero-order valence-corrected chi connectivity index (χ0v) is 18.8. The normalized spacial score (nSPS) is 16.2. The number of oxazole rings is 1. The Morgan fingerprint density at radius 2 is 2.06 bits per heavy atom. The van der Waals surface area contributed by atoms with Crippen LogP contribution in [0.25, 0.3) is 10.9 Å². The zero-order chi connectivity index (χ0) is 22.8. The number of H-pyrrole nitrogens is 1. The Morgan fingerprint density at radius 3 is 2.91 bits per heavy atom. The molecule has 3 heterocycles. The molecule has 7 nitrogen and oxygen atoms in total. The second-order valence-electron chi connectivity index (χ2n) is 8.39. The van der Waals surface area contributed by atoms with Gasteiger partial charge in [0, 0.05) is 30.4 Å². The van der Waals surface area contributed by atoms with E-state index in [0.29, 0.717) is 24.6 Å². The number of aromatic amines is 1. The van der Waals surface area contributed by atoms with Gasteiger partial charge in [-0.1, -0.05) is 18.2 Å². The molecule has 1 aliphatic heterocycles. The summed E-state index contributed by atoms with van der Waals surface area (Å²) in [7, 11) is 3.30. The summed E-state index contributed by atoms with van der Waals surface area (Å²) in [5.41, 5.74) is 2.56. The molecule has 0 bridgehead atoms. The van der Waals surface area contributed by atoms with Gasteiger partial charge in [0.1, 0.15) is 23.0 Å². The maximum Gasteiger partial charge on any atom is 0.270 e. The van der Waals surface area contributed by atoms with Crippen molar-refractivity contribution < 1.29 is 18.7 Å². The van der Waals surface area contributed by atoms with E-state index in [-0.39, 0.29) is 11.8 Å². The van der Waals surface area contributed by atoms with E-state index >= 15 is 0 Å². The fourth-order valence-electron chi connectivity index (χ4n) is 4.53. The van der Waals surface area contributed by atoms with Crippen molar-refractivity contribution in [2.24, 2.45) is 0 Å². The third kappa shape index (κ3) is 4.31. The van der Waals surface area contributed by atoms with Crippen LogP contribution in [-0.4, -0.2) is 48.1 Å². The number of hydrogen-bond acceptors (Lipinski definition) is 5. The van der Waals surface area contributed by atoms with Crippen LogP contribution in [0.5, 0.6) is 11.5 Å². The summed E-state index contributed by atoms with van der Waals surface area (Å²) in [5.74, 6) is 3.15. The largest absolute Gasteiger partial charge is 0.497 e. The van der Waals surface area contributed by atoms with Crippen molar-refractivity contribution in [1.29, 1.82) is 0 Å². The van der Waals surface area contributed by atoms with Crippen molar-refractivity contribution in [2.75, 3.05) is 27.3 Å². The van der Waals surface area contributed by atoms with Crippen molar-refractivity contribution in [3.8, 4) is 11.5 Å². The number of methoxy groups -OCH3 is 2. The second kappa shape index (κ2) is 9.02. The molecule has 1 atom stereocenters. The van der Waals surface area contributed by atoms with E-state index in [0.717, 1.165) is 53.1 Å². The average molecular weight is 446 g/mol. The number of nitrogens with zero attached hydrogens (tertiary/aromatic N) is 2. The van der Waals surface area contributed by atoms with Crippen LogP contribution in [0.15, 0.2) is 59.1 Å². The maximum atomic E-state index is 13.2. The van der Waals surface area contributed by atoms with E-state index in [1.807, 2.05) is 53.4 Å². The monoisotopic (exact) mass is 445 g/mol. The molecule has 5 rings (SSSR count). The first-order valence-electron chi connectivity index (χ1n) is 11.2. The third-order valence-electron chi connectivity index (χ3n) is 6.22. The number of ether oxygens (including phenoxy) is 2. The van der Waals surface area contributed by atoms with E-state index in [9.17, 15) is 4.79 Å². The number of aromatic nitrogens is 2. The Bertz CT molecular complexity index is 1280. The van der Waals surface area contributed by atoms with Crippen molar-refractivity contribution in [3.05, 3.63) is 77.6 Å². The first-order valence-corrected chi connectivity index (χ1v) is 11.2. The molecular weight excluding hydrogens is 418 g/mol. The summed E-state index contributed by atoms with van der Waals surface area (Å²) < 4.78 is 16.8. The van der Waals surface area contributed by atoms with Crippen molar-refractivity contribution >= 4 is 16.8 Å². The molecule has 1 N–H and O–H groups in total. The molecule has 0 spiro atoms. The van der Waals surface area contributed by atoms with Crippen LogP contribution in [0.4, 0.5) is 0 Å². The molecule has 1 saturated heterocycles. The highest BCUT2D eigenvalue weighted by atomic mass is 16.5. The molecule has 33 heavy (non-hydrogen) atoms. The van der Waals surface area contributed by atoms with E-state index in [1.54, 1.807) is 20.4 Å². The number of likely N-dealkylation sites (tertiary alicyclic amines) is 1. The van der Waals surface area contributed by atoms with Crippen LogP contribution >= 0.6 is 0 Å². The Hall–Kier alpha value is -3.74. The number of piperidine rings is 1. The number of benzene rings is 2. The van der Waals surface area contributed by atoms with Gasteiger partial charge in [-0.25, -0.2) is 4.98 Å². The molecule has 170 valence electrons. The molecule has 0 aliphatic carbocycles. The number of fused-ring (bicyclic) bond motifs is 1. The van der Waals surface area contributed by atoms with Crippen LogP contribution in [0.2, 0.25) is 0 Å². The number of amides is 1. The van der Waals surface area contributed by atoms with Crippen molar-refractivity contribution in [1.82, 2.24) is 14.9 Å². The van der Waals surface area contributed by atoms with Crippen molar-refractivity contribution in [2.45, 2.75) is 25.2 Å². The van der Waals surface area contributed by atoms with E-state index < -0.39 is 0 Å². The lowest BCUT2D eigenvalue weighted by Crippen LogP contribution is -2.39. The van der Waals surface area contributed by atoms with Crippen molar-refractivity contribution in [3.63, 3.8) is 0 Å². The zero-order valence-electron chi connectivity index (χ0n) is 18.8. The van der Waals surface area contributed by atoms with Gasteiger partial charge in [-0.05, 0) is 48.7 Å². The lowest BCUT2D eigenvalue weighted by molar-refractivity contribution is 0.0693. The fourth-order valence-corrected chi connectivity index (χ4v) is 4.53. The van der Waals surface area contributed by atoms with Gasteiger partial charge in [0.05, 0.1) is 26.3 Å². The molecule has 7 heteroatoms. The predicted octanol–water partition coefficient (Wildman–Crippen LogP) is 4.78. The summed E-state index contributed by atoms with van der Waals surface area (Å²) in [6, 6.07) is 15.6. The highest BCUT2D eigenvalue weighted by molar-refractivity contribution is 5.99. The number of rotatable bonds is 6. The van der Waals surface area contributed by atoms with Gasteiger partial charge in [-0.2, -0.15) is 0 Å². The van der Waals surface area contributed by atoms with Crippen LogP contribution in [0.1, 0.15) is 46.5 Å². The van der Waals surface area contributed by atoms with Crippen LogP contribution in [-0.2, 0) is 6.42 Å². The number of carbonyl (C=O) groups is 1. The van der Waals surface area contributed by atoms with Gasteiger partial charge in [-0.3, -0.25) is 4.79 Å². The molecule has 1 unspecified atom stereocenters. The molecule has 1 amide bonds. The summed E-state index contributed by atoms with van der Waals surface area (Å²) in [5, 5.41) is 0.909. The molecule has 1 fully saturated rings. The van der Waals surface area contributed by atoms with Crippen LogP contribution in [0.3, 0.4) is 0 Å². The Labute approximate surface area is 192 Å². The first-order chi connectivity index (χ1) is 16.1. The summed E-state index contributed by atoms with van der Waals surface area (Å²) in [4.78, 5) is 22.9. The summed E-state index contributed by atoms with van der Waals surface area (Å²) in [6.07, 6.45) is 4.30. The highest BCUT2D eigenvalue weighted by Gasteiger charge is 2.29. The van der Waals surface area contributed by atoms with Crippen LogP contribution in [0, 0.1) is 0 Å². The number of nitrogens with one attached hydrogen (secondary N) is 1. The molecular formula is C26H27N3O4. The standard InChI is InChI=1S/C26H27N3O4/c1-31-19-8-3-6-17(12-19)13-20-15-27-25(33-20)18-7-5-11-29(16-18)26(30)23-14-21-22(28-23)9-4-10-24(21)32-2/h3-4,6,8-10,12,14-15,18,28H,5,7,11,13,16H2,1-2H3. The minimum absolute atomic E-state index is 0.0129. The molecule has 2 aromatic heterocycles. The van der Waals surface area contributed by atoms with Gasteiger partial charge in [0.2, 0.25) is 0 Å². The topological polar surface area (TPSA) is 80.6 Å². The fraction of sp³-hybridized carbons (Fsp3) is 0.308. The highest BCUT2D eigenvalue weighted by Crippen LogP contribution is 2.30. The Morgan fingerprint density at radius 1 is 1.18 bits per heavy atom. The quantitative estimate of drug-likeness (QED) is 0.462. The minimum atomic E-state index is -0.0129. The van der Waals surface area contributed by atoms with E-state index in [4.69, 9.17) is 13.9 Å². The van der Waals surface area contributed by atoms with Gasteiger partial charge in [0.25, 0.3) is 5.91 Å². The second-order valence-corrected chi connectivity index (χ2v) is 8.39. The maximum absolute atomic E-state index is 13.2. The SMILES string of the molecule is COc1cccc(Cc2cnc(C3CCCN(C(=O)c4cc5c(OC)cccc5[nH]4)C3)o2)c1. The Kier molecular flexibility index (Phi) is 5.77. The predicted molar refractivity (Wildman–Crippen MR) is 125 cm³/mol.